The van der Waals surface area contributed by atoms with E-state index in [2.05, 4.69) is 35.6 Å². The van der Waals surface area contributed by atoms with E-state index in [0.29, 0.717) is 30.2 Å². The summed E-state index contributed by atoms with van der Waals surface area (Å²) in [4.78, 5) is 19.1. The van der Waals surface area contributed by atoms with Crippen LogP contribution in [0.2, 0.25) is 0 Å². The van der Waals surface area contributed by atoms with Crippen LogP contribution in [0.3, 0.4) is 0 Å². The summed E-state index contributed by atoms with van der Waals surface area (Å²) < 4.78 is 6.51. The van der Waals surface area contributed by atoms with Crippen LogP contribution in [0.1, 0.15) is 43.6 Å². The van der Waals surface area contributed by atoms with Crippen molar-refractivity contribution < 1.29 is 9.53 Å². The van der Waals surface area contributed by atoms with E-state index in [0.717, 1.165) is 38.9 Å². The standard InChI is InChI=1S/C22H31N3O2/c1-4-9-21(2,3)14-25-13-17-16(19-8-10-22(17,15-25)27-19)12-24-20(26)18-7-5-6-11-23-18/h4-7,11,16-17,19H,1,8-10,12-15H2,2-3H3,(H,24,26)/t16-,17+,19+,22+/m0/s1. The number of amides is 1. The zero-order valence-corrected chi connectivity index (χ0v) is 16.5. The first-order valence-electron chi connectivity index (χ1n) is 10.1. The van der Waals surface area contributed by atoms with Crippen molar-refractivity contribution in [2.75, 3.05) is 26.2 Å². The molecule has 4 heterocycles. The first-order valence-corrected chi connectivity index (χ1v) is 10.1. The van der Waals surface area contributed by atoms with Gasteiger partial charge >= 0.3 is 0 Å². The average molecular weight is 370 g/mol. The molecule has 0 aliphatic carbocycles. The van der Waals surface area contributed by atoms with Gasteiger partial charge in [0.15, 0.2) is 0 Å². The summed E-state index contributed by atoms with van der Waals surface area (Å²) in [6.45, 7) is 12.4. The smallest absolute Gasteiger partial charge is 0.269 e. The maximum absolute atomic E-state index is 12.4. The van der Waals surface area contributed by atoms with Crippen molar-refractivity contribution in [1.82, 2.24) is 15.2 Å². The van der Waals surface area contributed by atoms with Crippen molar-refractivity contribution in [3.8, 4) is 0 Å². The van der Waals surface area contributed by atoms with Crippen LogP contribution < -0.4 is 5.32 Å². The fraction of sp³-hybridized carbons (Fsp3) is 0.636. The van der Waals surface area contributed by atoms with Crippen LogP contribution in [0.5, 0.6) is 0 Å². The number of likely N-dealkylation sites (tertiary alicyclic amines) is 1. The highest BCUT2D eigenvalue weighted by molar-refractivity contribution is 5.92. The molecule has 1 amide bonds. The van der Waals surface area contributed by atoms with Gasteiger partial charge in [-0.1, -0.05) is 26.0 Å². The number of rotatable bonds is 7. The van der Waals surface area contributed by atoms with Gasteiger partial charge in [-0.2, -0.15) is 0 Å². The molecule has 1 N–H and O–H groups in total. The van der Waals surface area contributed by atoms with Crippen molar-refractivity contribution in [1.29, 1.82) is 0 Å². The molecule has 0 aromatic carbocycles. The SMILES string of the molecule is C=CCC(C)(C)CN1C[C@@H]2[C@H](CNC(=O)c3ccccn3)[C@H]3CC[C@]2(C1)O3. The molecule has 3 aliphatic rings. The van der Waals surface area contributed by atoms with Crippen molar-refractivity contribution in [2.45, 2.75) is 44.8 Å². The first kappa shape index (κ1) is 18.6. The molecule has 3 saturated heterocycles. The zero-order chi connectivity index (χ0) is 19.1. The monoisotopic (exact) mass is 369 g/mol. The summed E-state index contributed by atoms with van der Waals surface area (Å²) in [5.41, 5.74) is 0.725. The normalized spacial score (nSPS) is 32.4. The zero-order valence-electron chi connectivity index (χ0n) is 16.5. The Labute approximate surface area is 162 Å². The molecule has 3 fully saturated rings. The van der Waals surface area contributed by atoms with E-state index < -0.39 is 0 Å². The van der Waals surface area contributed by atoms with Crippen molar-refractivity contribution in [2.24, 2.45) is 17.3 Å². The van der Waals surface area contributed by atoms with E-state index in [9.17, 15) is 4.79 Å². The third-order valence-corrected chi connectivity index (χ3v) is 6.60. The van der Waals surface area contributed by atoms with Gasteiger partial charge in [0, 0.05) is 44.2 Å². The van der Waals surface area contributed by atoms with Gasteiger partial charge in [-0.3, -0.25) is 14.7 Å². The fourth-order valence-corrected chi connectivity index (χ4v) is 5.54. The molecule has 1 aromatic heterocycles. The van der Waals surface area contributed by atoms with Crippen molar-refractivity contribution >= 4 is 5.91 Å². The van der Waals surface area contributed by atoms with E-state index in [4.69, 9.17) is 4.74 Å². The summed E-state index contributed by atoms with van der Waals surface area (Å²) >= 11 is 0. The van der Waals surface area contributed by atoms with Crippen LogP contribution in [-0.4, -0.2) is 53.7 Å². The predicted molar refractivity (Wildman–Crippen MR) is 105 cm³/mol. The number of ether oxygens (including phenoxy) is 1. The molecule has 1 spiro atoms. The summed E-state index contributed by atoms with van der Waals surface area (Å²) in [6, 6.07) is 5.43. The maximum atomic E-state index is 12.4. The van der Waals surface area contributed by atoms with E-state index >= 15 is 0 Å². The number of nitrogens with one attached hydrogen (secondary N) is 1. The van der Waals surface area contributed by atoms with E-state index in [-0.39, 0.29) is 16.9 Å². The number of hydrogen-bond donors (Lipinski definition) is 1. The molecule has 3 aliphatic heterocycles. The number of allylic oxidation sites excluding steroid dienone is 1. The summed E-state index contributed by atoms with van der Waals surface area (Å²) in [7, 11) is 0. The largest absolute Gasteiger partial charge is 0.370 e. The Morgan fingerprint density at radius 1 is 1.52 bits per heavy atom. The van der Waals surface area contributed by atoms with Crippen LogP contribution in [0.15, 0.2) is 37.1 Å². The summed E-state index contributed by atoms with van der Waals surface area (Å²) in [5, 5.41) is 3.11. The number of pyridine rings is 1. The van der Waals surface area contributed by atoms with Gasteiger partial charge in [-0.25, -0.2) is 0 Å². The molecule has 4 atom stereocenters. The Hall–Kier alpha value is -1.72. The predicted octanol–water partition coefficient (Wildman–Crippen LogP) is 2.89. The minimum atomic E-state index is -0.0885. The summed E-state index contributed by atoms with van der Waals surface area (Å²) in [6.07, 6.45) is 7.27. The topological polar surface area (TPSA) is 54.5 Å². The quantitative estimate of drug-likeness (QED) is 0.751. The highest BCUT2D eigenvalue weighted by Gasteiger charge is 2.62. The van der Waals surface area contributed by atoms with Gasteiger partial charge in [0.05, 0.1) is 11.7 Å². The minimum Gasteiger partial charge on any atom is -0.370 e. The minimum absolute atomic E-state index is 0.00924. The molecule has 5 heteroatoms. The second kappa shape index (κ2) is 7.02. The average Bonchev–Trinajstić information content (AvgIpc) is 3.27. The fourth-order valence-electron chi connectivity index (χ4n) is 5.54. The molecule has 4 rings (SSSR count). The highest BCUT2D eigenvalue weighted by Crippen LogP contribution is 2.55. The van der Waals surface area contributed by atoms with Crippen LogP contribution >= 0.6 is 0 Å². The van der Waals surface area contributed by atoms with Gasteiger partial charge in [-0.05, 0) is 36.8 Å². The number of carbonyl (C=O) groups is 1. The van der Waals surface area contributed by atoms with Crippen LogP contribution in [0, 0.1) is 17.3 Å². The summed E-state index contributed by atoms with van der Waals surface area (Å²) in [5.74, 6) is 0.827. The molecule has 0 radical (unpaired) electrons. The van der Waals surface area contributed by atoms with Crippen LogP contribution in [-0.2, 0) is 4.74 Å². The second-order valence-electron chi connectivity index (χ2n) is 9.28. The molecule has 5 nitrogen and oxygen atoms in total. The lowest BCUT2D eigenvalue weighted by Crippen LogP contribution is -2.42. The second-order valence-corrected chi connectivity index (χ2v) is 9.28. The Morgan fingerprint density at radius 3 is 3.11 bits per heavy atom. The lowest BCUT2D eigenvalue weighted by atomic mass is 9.73. The highest BCUT2D eigenvalue weighted by atomic mass is 16.5. The first-order chi connectivity index (χ1) is 12.9. The Bertz CT molecular complexity index is 705. The van der Waals surface area contributed by atoms with Gasteiger partial charge < -0.3 is 10.1 Å². The molecular formula is C22H31N3O2. The third kappa shape index (κ3) is 3.55. The maximum Gasteiger partial charge on any atom is 0.269 e. The van der Waals surface area contributed by atoms with Crippen LogP contribution in [0.4, 0.5) is 0 Å². The van der Waals surface area contributed by atoms with Gasteiger partial charge in [0.1, 0.15) is 5.69 Å². The van der Waals surface area contributed by atoms with E-state index in [1.54, 1.807) is 12.3 Å². The number of aromatic nitrogens is 1. The molecule has 27 heavy (non-hydrogen) atoms. The number of fused-ring (bicyclic) bond motifs is 1. The van der Waals surface area contributed by atoms with Gasteiger partial charge in [0.25, 0.3) is 5.91 Å². The Morgan fingerprint density at radius 2 is 2.37 bits per heavy atom. The molecule has 2 bridgehead atoms. The van der Waals surface area contributed by atoms with E-state index in [1.807, 2.05) is 18.2 Å². The molecule has 0 saturated carbocycles. The van der Waals surface area contributed by atoms with Gasteiger partial charge in [-0.15, -0.1) is 6.58 Å². The lowest BCUT2D eigenvalue weighted by molar-refractivity contribution is 0.0000703. The van der Waals surface area contributed by atoms with Crippen molar-refractivity contribution in [3.05, 3.63) is 42.7 Å². The van der Waals surface area contributed by atoms with Crippen molar-refractivity contribution in [3.63, 3.8) is 0 Å². The van der Waals surface area contributed by atoms with Crippen LogP contribution in [0.25, 0.3) is 0 Å². The molecule has 146 valence electrons. The number of hydrogen-bond acceptors (Lipinski definition) is 4. The molecular weight excluding hydrogens is 338 g/mol. The Balaban J connectivity index is 1.39. The number of nitrogens with zero attached hydrogens (tertiary/aromatic N) is 2. The van der Waals surface area contributed by atoms with E-state index in [1.165, 1.54) is 0 Å². The lowest BCUT2D eigenvalue weighted by Gasteiger charge is -2.30. The number of carbonyl (C=O) groups excluding carboxylic acids is 1. The Kier molecular flexibility index (Phi) is 4.85. The molecule has 1 aromatic rings. The van der Waals surface area contributed by atoms with Gasteiger partial charge in [0.2, 0.25) is 0 Å². The third-order valence-electron chi connectivity index (χ3n) is 6.60. The molecule has 0 unspecified atom stereocenters.